The summed E-state index contributed by atoms with van der Waals surface area (Å²) in [5.41, 5.74) is -1.02. The maximum atomic E-state index is 13.2. The molecule has 0 amide bonds. The summed E-state index contributed by atoms with van der Waals surface area (Å²) in [5, 5.41) is 0. The second-order valence-corrected chi connectivity index (χ2v) is 6.31. The number of rotatable bonds is 5. The van der Waals surface area contributed by atoms with Crippen LogP contribution in [0.3, 0.4) is 0 Å². The summed E-state index contributed by atoms with van der Waals surface area (Å²) in [7, 11) is 1.56. The van der Waals surface area contributed by atoms with E-state index < -0.39 is 17.5 Å². The van der Waals surface area contributed by atoms with Gasteiger partial charge in [0.05, 0.1) is 7.11 Å². The van der Waals surface area contributed by atoms with Gasteiger partial charge in [-0.2, -0.15) is 0 Å². The molecule has 6 nitrogen and oxygen atoms in total. The number of para-hydroxylation sites is 1. The number of esters is 2. The first-order chi connectivity index (χ1) is 14.1. The molecule has 29 heavy (non-hydrogen) atoms. The summed E-state index contributed by atoms with van der Waals surface area (Å²) in [5.74, 6) is -0.629. The third kappa shape index (κ3) is 3.36. The van der Waals surface area contributed by atoms with Crippen LogP contribution in [0.25, 0.3) is 0 Å². The van der Waals surface area contributed by atoms with Crippen molar-refractivity contribution in [2.24, 2.45) is 4.99 Å². The molecule has 0 aliphatic carbocycles. The molecule has 3 aromatic rings. The van der Waals surface area contributed by atoms with Crippen LogP contribution in [0.2, 0.25) is 0 Å². The zero-order valence-electron chi connectivity index (χ0n) is 15.6. The highest BCUT2D eigenvalue weighted by Crippen LogP contribution is 2.35. The van der Waals surface area contributed by atoms with E-state index in [1.165, 1.54) is 0 Å². The SMILES string of the molecule is COc1ccc(C2=NC(C(=O)Oc3ccccc3)(c3ccccc3)C(=O)O2)cc1. The normalized spacial score (nSPS) is 18.0. The van der Waals surface area contributed by atoms with Crippen molar-refractivity contribution < 1.29 is 23.8 Å². The molecule has 0 spiro atoms. The van der Waals surface area contributed by atoms with Gasteiger partial charge in [-0.3, -0.25) is 0 Å². The van der Waals surface area contributed by atoms with Gasteiger partial charge < -0.3 is 14.2 Å². The first-order valence-electron chi connectivity index (χ1n) is 8.93. The number of hydrogen-bond donors (Lipinski definition) is 0. The predicted octanol–water partition coefficient (Wildman–Crippen LogP) is 3.50. The van der Waals surface area contributed by atoms with Gasteiger partial charge in [0, 0.05) is 11.1 Å². The Kier molecular flexibility index (Phi) is 4.83. The number of ether oxygens (including phenoxy) is 3. The first-order valence-corrected chi connectivity index (χ1v) is 8.93. The molecule has 1 atom stereocenters. The molecule has 0 radical (unpaired) electrons. The molecule has 0 fully saturated rings. The Hall–Kier alpha value is -3.93. The van der Waals surface area contributed by atoms with Crippen LogP contribution >= 0.6 is 0 Å². The van der Waals surface area contributed by atoms with Gasteiger partial charge in [-0.1, -0.05) is 48.5 Å². The molecule has 0 aromatic heterocycles. The van der Waals surface area contributed by atoms with Gasteiger partial charge in [-0.25, -0.2) is 14.6 Å². The van der Waals surface area contributed by atoms with Crippen LogP contribution in [-0.2, 0) is 19.9 Å². The van der Waals surface area contributed by atoms with E-state index in [1.54, 1.807) is 92.0 Å². The lowest BCUT2D eigenvalue weighted by molar-refractivity contribution is -0.152. The van der Waals surface area contributed by atoms with E-state index in [2.05, 4.69) is 4.99 Å². The average Bonchev–Trinajstić information content (AvgIpc) is 3.13. The molecule has 0 saturated carbocycles. The fourth-order valence-electron chi connectivity index (χ4n) is 3.02. The summed E-state index contributed by atoms with van der Waals surface area (Å²) >= 11 is 0. The van der Waals surface area contributed by atoms with Crippen molar-refractivity contribution in [3.63, 3.8) is 0 Å². The van der Waals surface area contributed by atoms with Crippen LogP contribution in [0.1, 0.15) is 11.1 Å². The van der Waals surface area contributed by atoms with Gasteiger partial charge in [0.15, 0.2) is 0 Å². The van der Waals surface area contributed by atoms with Gasteiger partial charge in [0.25, 0.3) is 5.54 Å². The number of carbonyl (C=O) groups excluding carboxylic acids is 2. The summed E-state index contributed by atoms with van der Waals surface area (Å²) in [6, 6.07) is 23.9. The van der Waals surface area contributed by atoms with Crippen molar-refractivity contribution in [1.29, 1.82) is 0 Å². The highest BCUT2D eigenvalue weighted by molar-refractivity contribution is 6.17. The number of methoxy groups -OCH3 is 1. The Morgan fingerprint density at radius 1 is 0.862 bits per heavy atom. The first kappa shape index (κ1) is 18.4. The molecule has 0 saturated heterocycles. The van der Waals surface area contributed by atoms with E-state index in [-0.39, 0.29) is 5.90 Å². The molecule has 1 aliphatic heterocycles. The van der Waals surface area contributed by atoms with E-state index >= 15 is 0 Å². The predicted molar refractivity (Wildman–Crippen MR) is 106 cm³/mol. The highest BCUT2D eigenvalue weighted by atomic mass is 16.6. The lowest BCUT2D eigenvalue weighted by Gasteiger charge is -2.20. The number of benzene rings is 3. The Morgan fingerprint density at radius 3 is 2.10 bits per heavy atom. The average molecular weight is 387 g/mol. The molecule has 1 heterocycles. The number of carbonyl (C=O) groups is 2. The fraction of sp³-hybridized carbons (Fsp3) is 0.0870. The second-order valence-electron chi connectivity index (χ2n) is 6.31. The summed E-state index contributed by atoms with van der Waals surface area (Å²) in [6.45, 7) is 0. The smallest absolute Gasteiger partial charge is 0.357 e. The number of nitrogens with zero attached hydrogens (tertiary/aromatic N) is 1. The van der Waals surface area contributed by atoms with Crippen molar-refractivity contribution >= 4 is 17.8 Å². The van der Waals surface area contributed by atoms with Crippen molar-refractivity contribution in [2.45, 2.75) is 5.54 Å². The van der Waals surface area contributed by atoms with Crippen LogP contribution in [0.15, 0.2) is 89.9 Å². The van der Waals surface area contributed by atoms with Crippen LogP contribution in [-0.4, -0.2) is 24.9 Å². The number of cyclic esters (lactones) is 1. The van der Waals surface area contributed by atoms with Gasteiger partial charge >= 0.3 is 11.9 Å². The Balaban J connectivity index is 1.78. The molecule has 3 aromatic carbocycles. The van der Waals surface area contributed by atoms with Crippen molar-refractivity contribution in [2.75, 3.05) is 7.11 Å². The molecule has 0 N–H and O–H groups in total. The minimum Gasteiger partial charge on any atom is -0.497 e. The molecular formula is C23H17NO5. The van der Waals surface area contributed by atoms with E-state index in [9.17, 15) is 9.59 Å². The van der Waals surface area contributed by atoms with E-state index in [4.69, 9.17) is 14.2 Å². The number of hydrogen-bond acceptors (Lipinski definition) is 6. The molecule has 6 heteroatoms. The molecular weight excluding hydrogens is 370 g/mol. The molecule has 144 valence electrons. The fourth-order valence-corrected chi connectivity index (χ4v) is 3.02. The van der Waals surface area contributed by atoms with E-state index in [0.29, 0.717) is 22.6 Å². The Labute approximate surface area is 167 Å². The van der Waals surface area contributed by atoms with Gasteiger partial charge in [-0.15, -0.1) is 0 Å². The summed E-state index contributed by atoms with van der Waals surface area (Å²) in [4.78, 5) is 30.6. The highest BCUT2D eigenvalue weighted by Gasteiger charge is 2.56. The third-order valence-corrected chi connectivity index (χ3v) is 4.53. The lowest BCUT2D eigenvalue weighted by atomic mass is 9.91. The van der Waals surface area contributed by atoms with Crippen LogP contribution in [0.5, 0.6) is 11.5 Å². The van der Waals surface area contributed by atoms with Crippen LogP contribution in [0.4, 0.5) is 0 Å². The van der Waals surface area contributed by atoms with Gasteiger partial charge in [0.1, 0.15) is 11.5 Å². The zero-order valence-corrected chi connectivity index (χ0v) is 15.6. The van der Waals surface area contributed by atoms with Gasteiger partial charge in [0.2, 0.25) is 5.90 Å². The third-order valence-electron chi connectivity index (χ3n) is 4.53. The summed E-state index contributed by atoms with van der Waals surface area (Å²) < 4.78 is 16.0. The quantitative estimate of drug-likeness (QED) is 0.381. The monoisotopic (exact) mass is 387 g/mol. The topological polar surface area (TPSA) is 74.2 Å². The minimum absolute atomic E-state index is 0.0477. The molecule has 1 unspecified atom stereocenters. The standard InChI is InChI=1S/C23H17NO5/c1-27-18-14-12-16(13-15-18)20-24-23(22(26)29-20,17-8-4-2-5-9-17)21(25)28-19-10-6-3-7-11-19/h2-15H,1H3. The van der Waals surface area contributed by atoms with Crippen LogP contribution in [0, 0.1) is 0 Å². The van der Waals surface area contributed by atoms with Crippen LogP contribution < -0.4 is 9.47 Å². The molecule has 4 rings (SSSR count). The Bertz CT molecular complexity index is 1060. The van der Waals surface area contributed by atoms with Crippen molar-refractivity contribution in [1.82, 2.24) is 0 Å². The Morgan fingerprint density at radius 2 is 1.48 bits per heavy atom. The maximum absolute atomic E-state index is 13.2. The largest absolute Gasteiger partial charge is 0.497 e. The number of aliphatic imine (C=N–C) groups is 1. The van der Waals surface area contributed by atoms with Crippen molar-refractivity contribution in [3.05, 3.63) is 96.1 Å². The minimum atomic E-state index is -1.94. The molecule has 0 bridgehead atoms. The lowest BCUT2D eigenvalue weighted by Crippen LogP contribution is -2.42. The van der Waals surface area contributed by atoms with Crippen molar-refractivity contribution in [3.8, 4) is 11.5 Å². The zero-order chi connectivity index (χ0) is 20.3. The van der Waals surface area contributed by atoms with E-state index in [0.717, 1.165) is 0 Å². The van der Waals surface area contributed by atoms with Gasteiger partial charge in [-0.05, 0) is 36.4 Å². The summed E-state index contributed by atoms with van der Waals surface area (Å²) in [6.07, 6.45) is 0. The van der Waals surface area contributed by atoms with E-state index in [1.807, 2.05) is 0 Å². The molecule has 1 aliphatic rings. The second kappa shape index (κ2) is 7.59. The maximum Gasteiger partial charge on any atom is 0.357 e.